The van der Waals surface area contributed by atoms with Gasteiger partial charge in [-0.1, -0.05) is 44.0 Å². The van der Waals surface area contributed by atoms with E-state index in [1.807, 2.05) is 12.1 Å². The fourth-order valence-corrected chi connectivity index (χ4v) is 5.40. The zero-order valence-electron chi connectivity index (χ0n) is 21.1. The summed E-state index contributed by atoms with van der Waals surface area (Å²) in [6, 6.07) is 7.65. The molecule has 0 bridgehead atoms. The van der Waals surface area contributed by atoms with Gasteiger partial charge in [0.1, 0.15) is 17.6 Å². The van der Waals surface area contributed by atoms with E-state index in [0.29, 0.717) is 43.8 Å². The van der Waals surface area contributed by atoms with E-state index in [0.717, 1.165) is 25.5 Å². The molecule has 1 aliphatic rings. The fraction of sp³-hybridized carbons (Fsp3) is 0.370. The molecule has 1 aliphatic heterocycles. The number of aromatic nitrogens is 4. The van der Waals surface area contributed by atoms with Gasteiger partial charge in [0.05, 0.1) is 20.9 Å². The number of anilines is 1. The van der Waals surface area contributed by atoms with Crippen molar-refractivity contribution in [3.8, 4) is 17.0 Å². The Kier molecular flexibility index (Phi) is 7.00. The molecule has 1 saturated heterocycles. The number of pyridine rings is 2. The van der Waals surface area contributed by atoms with Crippen LogP contribution in [0, 0.1) is 11.2 Å². The number of aromatic amines is 1. The first-order valence-corrected chi connectivity index (χ1v) is 13.0. The number of H-pyrrole nitrogens is 1. The predicted octanol–water partition coefficient (Wildman–Crippen LogP) is 6.43. The number of ether oxygens (including phenoxy) is 1. The van der Waals surface area contributed by atoms with Crippen LogP contribution in [0.3, 0.4) is 0 Å². The fourth-order valence-electron chi connectivity index (χ4n) is 4.73. The molecule has 4 aromatic rings. The maximum atomic E-state index is 15.7. The number of benzene rings is 1. The molecule has 7 nitrogen and oxygen atoms in total. The van der Waals surface area contributed by atoms with Gasteiger partial charge in [-0.05, 0) is 31.2 Å². The second kappa shape index (κ2) is 10.1. The van der Waals surface area contributed by atoms with Crippen LogP contribution in [-0.2, 0) is 0 Å². The number of nitrogens with zero attached hydrogens (tertiary/aromatic N) is 4. The molecular weight excluding hydrogens is 514 g/mol. The molecule has 0 unspecified atom stereocenters. The summed E-state index contributed by atoms with van der Waals surface area (Å²) in [5, 5.41) is 11.9. The summed E-state index contributed by atoms with van der Waals surface area (Å²) < 4.78 is 21.7. The monoisotopic (exact) mass is 542 g/mol. The van der Waals surface area contributed by atoms with Crippen LogP contribution < -0.4 is 15.0 Å². The van der Waals surface area contributed by atoms with Gasteiger partial charge in [0.25, 0.3) is 0 Å². The van der Waals surface area contributed by atoms with Gasteiger partial charge >= 0.3 is 0 Å². The molecule has 0 aliphatic carbocycles. The molecule has 0 spiro atoms. The number of hydrogen-bond donors (Lipinski definition) is 2. The molecule has 194 valence electrons. The molecule has 1 atom stereocenters. The third-order valence-electron chi connectivity index (χ3n) is 6.66. The van der Waals surface area contributed by atoms with E-state index in [9.17, 15) is 0 Å². The predicted molar refractivity (Wildman–Crippen MR) is 146 cm³/mol. The maximum absolute atomic E-state index is 15.7. The topological polar surface area (TPSA) is 79.0 Å². The van der Waals surface area contributed by atoms with Crippen molar-refractivity contribution in [1.29, 1.82) is 0 Å². The van der Waals surface area contributed by atoms with Gasteiger partial charge in [0.15, 0.2) is 11.6 Å². The van der Waals surface area contributed by atoms with Crippen molar-refractivity contribution in [3.63, 3.8) is 0 Å². The highest BCUT2D eigenvalue weighted by atomic mass is 35.5. The Morgan fingerprint density at radius 1 is 1.11 bits per heavy atom. The molecule has 2 N–H and O–H groups in total. The highest BCUT2D eigenvalue weighted by Crippen LogP contribution is 2.38. The maximum Gasteiger partial charge on any atom is 0.176 e. The minimum Gasteiger partial charge on any atom is -0.483 e. The van der Waals surface area contributed by atoms with Crippen LogP contribution >= 0.6 is 23.2 Å². The lowest BCUT2D eigenvalue weighted by atomic mass is 9.81. The van der Waals surface area contributed by atoms with Crippen LogP contribution in [-0.4, -0.2) is 45.8 Å². The van der Waals surface area contributed by atoms with Gasteiger partial charge in [-0.2, -0.15) is 5.10 Å². The zero-order chi connectivity index (χ0) is 26.3. The second-order valence-corrected chi connectivity index (χ2v) is 11.1. The van der Waals surface area contributed by atoms with Crippen LogP contribution in [0.5, 0.6) is 5.75 Å². The van der Waals surface area contributed by atoms with Gasteiger partial charge in [-0.25, -0.2) is 9.37 Å². The third-order valence-corrected chi connectivity index (χ3v) is 7.26. The van der Waals surface area contributed by atoms with Crippen LogP contribution in [0.15, 0.2) is 42.9 Å². The molecule has 37 heavy (non-hydrogen) atoms. The molecule has 0 saturated carbocycles. The average molecular weight is 543 g/mol. The largest absolute Gasteiger partial charge is 0.483 e. The molecule has 4 heterocycles. The van der Waals surface area contributed by atoms with Gasteiger partial charge < -0.3 is 15.0 Å². The summed E-state index contributed by atoms with van der Waals surface area (Å²) in [6.45, 7) is 11.2. The molecule has 10 heteroatoms. The van der Waals surface area contributed by atoms with Crippen molar-refractivity contribution in [2.45, 2.75) is 39.8 Å². The normalized spacial score (nSPS) is 15.7. The van der Waals surface area contributed by atoms with Crippen LogP contribution in [0.4, 0.5) is 10.2 Å². The van der Waals surface area contributed by atoms with E-state index < -0.39 is 11.9 Å². The van der Waals surface area contributed by atoms with E-state index in [2.05, 4.69) is 51.2 Å². The first-order chi connectivity index (χ1) is 17.6. The zero-order valence-corrected chi connectivity index (χ0v) is 22.7. The second-order valence-electron chi connectivity index (χ2n) is 10.3. The number of rotatable bonds is 8. The number of hydrogen-bond acceptors (Lipinski definition) is 6. The van der Waals surface area contributed by atoms with E-state index >= 15 is 4.39 Å². The molecule has 3 aromatic heterocycles. The molecule has 0 radical (unpaired) electrons. The van der Waals surface area contributed by atoms with Crippen molar-refractivity contribution < 1.29 is 9.13 Å². The summed E-state index contributed by atoms with van der Waals surface area (Å²) in [4.78, 5) is 10.9. The summed E-state index contributed by atoms with van der Waals surface area (Å²) in [5.41, 5.74) is 2.52. The third kappa shape index (κ3) is 5.10. The van der Waals surface area contributed by atoms with Crippen molar-refractivity contribution in [2.75, 3.05) is 24.5 Å². The van der Waals surface area contributed by atoms with E-state index in [-0.39, 0.29) is 11.2 Å². The van der Waals surface area contributed by atoms with E-state index in [4.69, 9.17) is 27.9 Å². The van der Waals surface area contributed by atoms with Gasteiger partial charge in [-0.15, -0.1) is 0 Å². The quantitative estimate of drug-likeness (QED) is 0.267. The Balaban J connectivity index is 1.36. The minimum atomic E-state index is -0.593. The van der Waals surface area contributed by atoms with Gasteiger partial charge in [0.2, 0.25) is 0 Å². The van der Waals surface area contributed by atoms with Crippen LogP contribution in [0.1, 0.15) is 39.4 Å². The summed E-state index contributed by atoms with van der Waals surface area (Å²) in [6.07, 6.45) is 4.11. The average Bonchev–Trinajstić information content (AvgIpc) is 3.28. The Morgan fingerprint density at radius 3 is 2.49 bits per heavy atom. The van der Waals surface area contributed by atoms with Gasteiger partial charge in [-0.3, -0.25) is 10.1 Å². The Bertz CT molecular complexity index is 1400. The summed E-state index contributed by atoms with van der Waals surface area (Å²) in [7, 11) is 0. The van der Waals surface area contributed by atoms with E-state index in [1.165, 1.54) is 12.4 Å². The molecule has 5 rings (SSSR count). The lowest BCUT2D eigenvalue weighted by Gasteiger charge is -2.49. The van der Waals surface area contributed by atoms with Gasteiger partial charge in [0, 0.05) is 60.8 Å². The lowest BCUT2D eigenvalue weighted by molar-refractivity contribution is 0.217. The molecular formula is C27H29Cl2FN6O. The lowest BCUT2D eigenvalue weighted by Crippen LogP contribution is -2.59. The molecule has 1 aromatic carbocycles. The highest BCUT2D eigenvalue weighted by Gasteiger charge is 2.39. The first kappa shape index (κ1) is 25.7. The van der Waals surface area contributed by atoms with Crippen molar-refractivity contribution in [1.82, 2.24) is 25.5 Å². The molecule has 1 fully saturated rings. The summed E-state index contributed by atoms with van der Waals surface area (Å²) in [5.74, 6) is 0.454. The smallest absolute Gasteiger partial charge is 0.176 e. The minimum absolute atomic E-state index is 0.0750. The van der Waals surface area contributed by atoms with Crippen molar-refractivity contribution in [3.05, 3.63) is 64.3 Å². The molecule has 0 amide bonds. The van der Waals surface area contributed by atoms with Crippen molar-refractivity contribution >= 4 is 39.9 Å². The Labute approximate surface area is 225 Å². The SMILES string of the molecule is CC(C)NCC1(C)CN(c2ccc(-c3n[nH]c4ccc(O[C@H](C)c5c(Cl)cncc5Cl)c(F)c34)cn2)C1. The Hall–Kier alpha value is -2.94. The number of halogens is 3. The summed E-state index contributed by atoms with van der Waals surface area (Å²) >= 11 is 12.5. The Morgan fingerprint density at radius 2 is 1.84 bits per heavy atom. The standard InChI is InChI=1S/C27H29Cl2FN6O/c1-15(2)33-12-27(4)13-36(14-27)22-8-5-17(9-32-22)26-24-20(34-35-26)6-7-21(25(24)30)37-16(3)23-18(28)10-31-11-19(23)29/h5-11,15-16,33H,12-14H2,1-4H3,(H,34,35)/t16-/m1/s1. The van der Waals surface area contributed by atoms with Crippen LogP contribution in [0.25, 0.3) is 22.2 Å². The van der Waals surface area contributed by atoms with Crippen LogP contribution in [0.2, 0.25) is 10.0 Å². The van der Waals surface area contributed by atoms with Crippen molar-refractivity contribution in [2.24, 2.45) is 5.41 Å². The highest BCUT2D eigenvalue weighted by molar-refractivity contribution is 6.35. The number of nitrogens with one attached hydrogen (secondary N) is 2. The number of fused-ring (bicyclic) bond motifs is 1. The van der Waals surface area contributed by atoms with E-state index in [1.54, 1.807) is 25.3 Å². The first-order valence-electron chi connectivity index (χ1n) is 12.2.